The standard InChI is InChI=1S/C17H18N2S/c1-3-7-15(8-4-1)13-19(16-9-5-2-6-10-16)17-14-20-12-11-18-17/h1-10H,11-14H2. The minimum absolute atomic E-state index is 0.879. The maximum absolute atomic E-state index is 4.72. The minimum atomic E-state index is 0.879. The molecule has 2 nitrogen and oxygen atoms in total. The van der Waals surface area contributed by atoms with Crippen molar-refractivity contribution >= 4 is 23.3 Å². The zero-order chi connectivity index (χ0) is 13.6. The summed E-state index contributed by atoms with van der Waals surface area (Å²) >= 11 is 1.96. The average Bonchev–Trinajstić information content (AvgIpc) is 2.55. The summed E-state index contributed by atoms with van der Waals surface area (Å²) in [6.07, 6.45) is 0. The summed E-state index contributed by atoms with van der Waals surface area (Å²) in [7, 11) is 0. The zero-order valence-corrected chi connectivity index (χ0v) is 12.2. The molecule has 0 N–H and O–H groups in total. The molecule has 0 aliphatic carbocycles. The van der Waals surface area contributed by atoms with Crippen molar-refractivity contribution in [3.63, 3.8) is 0 Å². The molecule has 1 aliphatic rings. The molecule has 3 heteroatoms. The van der Waals surface area contributed by atoms with Crippen molar-refractivity contribution in [1.82, 2.24) is 0 Å². The van der Waals surface area contributed by atoms with E-state index in [1.165, 1.54) is 17.1 Å². The van der Waals surface area contributed by atoms with Gasteiger partial charge in [0, 0.05) is 18.0 Å². The molecule has 2 aromatic carbocycles. The minimum Gasteiger partial charge on any atom is -0.325 e. The van der Waals surface area contributed by atoms with E-state index in [9.17, 15) is 0 Å². The summed E-state index contributed by atoms with van der Waals surface area (Å²) in [5.74, 6) is 3.33. The highest BCUT2D eigenvalue weighted by Gasteiger charge is 2.16. The van der Waals surface area contributed by atoms with Crippen molar-refractivity contribution in [1.29, 1.82) is 0 Å². The van der Waals surface area contributed by atoms with Gasteiger partial charge in [0.05, 0.1) is 12.3 Å². The Morgan fingerprint density at radius 1 is 0.950 bits per heavy atom. The molecule has 0 aromatic heterocycles. The van der Waals surface area contributed by atoms with Gasteiger partial charge < -0.3 is 4.90 Å². The highest BCUT2D eigenvalue weighted by atomic mass is 32.2. The van der Waals surface area contributed by atoms with Gasteiger partial charge in [0.15, 0.2) is 0 Å². The van der Waals surface area contributed by atoms with Crippen LogP contribution < -0.4 is 4.90 Å². The quantitative estimate of drug-likeness (QED) is 0.850. The first kappa shape index (κ1) is 13.3. The third-order valence-electron chi connectivity index (χ3n) is 3.32. The molecule has 102 valence electrons. The van der Waals surface area contributed by atoms with Crippen LogP contribution in [0.15, 0.2) is 65.7 Å². The van der Waals surface area contributed by atoms with E-state index < -0.39 is 0 Å². The average molecular weight is 282 g/mol. The Morgan fingerprint density at radius 3 is 2.30 bits per heavy atom. The fraction of sp³-hybridized carbons (Fsp3) is 0.235. The summed E-state index contributed by atoms with van der Waals surface area (Å²) in [6, 6.07) is 21.1. The van der Waals surface area contributed by atoms with Gasteiger partial charge in [-0.25, -0.2) is 0 Å². The molecule has 0 saturated carbocycles. The van der Waals surface area contributed by atoms with E-state index >= 15 is 0 Å². The molecule has 3 rings (SSSR count). The number of aliphatic imine (C=N–C) groups is 1. The van der Waals surface area contributed by atoms with Crippen molar-refractivity contribution in [3.8, 4) is 0 Å². The largest absolute Gasteiger partial charge is 0.325 e. The maximum Gasteiger partial charge on any atom is 0.114 e. The number of benzene rings is 2. The summed E-state index contributed by atoms with van der Waals surface area (Å²) in [4.78, 5) is 7.06. The SMILES string of the molecule is c1ccc(CN(C2=NCCSC2)c2ccccc2)cc1. The van der Waals surface area contributed by atoms with Crippen molar-refractivity contribution in [2.45, 2.75) is 6.54 Å². The lowest BCUT2D eigenvalue weighted by Crippen LogP contribution is -2.34. The Morgan fingerprint density at radius 2 is 1.65 bits per heavy atom. The first-order valence-electron chi connectivity index (χ1n) is 6.91. The summed E-state index contributed by atoms with van der Waals surface area (Å²) in [5, 5.41) is 0. The number of nitrogens with zero attached hydrogens (tertiary/aromatic N) is 2. The van der Waals surface area contributed by atoms with E-state index in [0.717, 1.165) is 24.6 Å². The molecule has 0 radical (unpaired) electrons. The lowest BCUT2D eigenvalue weighted by Gasteiger charge is -2.28. The summed E-state index contributed by atoms with van der Waals surface area (Å²) < 4.78 is 0. The zero-order valence-electron chi connectivity index (χ0n) is 11.4. The maximum atomic E-state index is 4.72. The van der Waals surface area contributed by atoms with Crippen molar-refractivity contribution < 1.29 is 0 Å². The highest BCUT2D eigenvalue weighted by Crippen LogP contribution is 2.21. The summed E-state index contributed by atoms with van der Waals surface area (Å²) in [6.45, 7) is 1.81. The lowest BCUT2D eigenvalue weighted by atomic mass is 10.2. The fourth-order valence-corrected chi connectivity index (χ4v) is 3.11. The monoisotopic (exact) mass is 282 g/mol. The molecule has 1 heterocycles. The van der Waals surface area contributed by atoms with E-state index in [1.54, 1.807) is 0 Å². The first-order chi connectivity index (χ1) is 9.93. The molecule has 1 aliphatic heterocycles. The van der Waals surface area contributed by atoms with E-state index in [2.05, 4.69) is 65.6 Å². The van der Waals surface area contributed by atoms with Crippen molar-refractivity contribution in [3.05, 3.63) is 66.2 Å². The van der Waals surface area contributed by atoms with Crippen LogP contribution in [-0.4, -0.2) is 23.9 Å². The topological polar surface area (TPSA) is 15.6 Å². The fourth-order valence-electron chi connectivity index (χ4n) is 2.32. The van der Waals surface area contributed by atoms with Crippen molar-refractivity contribution in [2.75, 3.05) is 23.0 Å². The highest BCUT2D eigenvalue weighted by molar-refractivity contribution is 8.00. The number of hydrogen-bond acceptors (Lipinski definition) is 3. The molecular formula is C17H18N2S. The van der Waals surface area contributed by atoms with E-state index in [-0.39, 0.29) is 0 Å². The summed E-state index contributed by atoms with van der Waals surface area (Å²) in [5.41, 5.74) is 2.53. The van der Waals surface area contributed by atoms with Gasteiger partial charge in [0.2, 0.25) is 0 Å². The van der Waals surface area contributed by atoms with Gasteiger partial charge in [0.1, 0.15) is 5.84 Å². The van der Waals surface area contributed by atoms with Gasteiger partial charge in [-0.2, -0.15) is 11.8 Å². The van der Waals surface area contributed by atoms with Crippen LogP contribution in [0.5, 0.6) is 0 Å². The van der Waals surface area contributed by atoms with Gasteiger partial charge in [-0.3, -0.25) is 4.99 Å². The second-order valence-corrected chi connectivity index (χ2v) is 5.86. The third-order valence-corrected chi connectivity index (χ3v) is 4.26. The smallest absolute Gasteiger partial charge is 0.114 e. The van der Waals surface area contributed by atoms with Crippen LogP contribution in [0.2, 0.25) is 0 Å². The second-order valence-electron chi connectivity index (χ2n) is 4.76. The van der Waals surface area contributed by atoms with E-state index in [0.29, 0.717) is 0 Å². The third kappa shape index (κ3) is 3.23. The number of thioether (sulfide) groups is 1. The Hall–Kier alpha value is -1.74. The van der Waals surface area contributed by atoms with Crippen LogP contribution in [0, 0.1) is 0 Å². The van der Waals surface area contributed by atoms with Crippen LogP contribution in [0.3, 0.4) is 0 Å². The predicted molar refractivity (Wildman–Crippen MR) is 88.7 cm³/mol. The van der Waals surface area contributed by atoms with Crippen LogP contribution in [0.4, 0.5) is 5.69 Å². The van der Waals surface area contributed by atoms with Gasteiger partial charge in [0.25, 0.3) is 0 Å². The van der Waals surface area contributed by atoms with Gasteiger partial charge >= 0.3 is 0 Å². The molecular weight excluding hydrogens is 264 g/mol. The molecule has 0 fully saturated rings. The number of amidine groups is 1. The molecule has 0 atom stereocenters. The Bertz CT molecular complexity index is 566. The number of hydrogen-bond donors (Lipinski definition) is 0. The molecule has 0 spiro atoms. The Labute approximate surface area is 124 Å². The van der Waals surface area contributed by atoms with Crippen LogP contribution in [0.1, 0.15) is 5.56 Å². The molecule has 0 saturated heterocycles. The second kappa shape index (κ2) is 6.62. The van der Waals surface area contributed by atoms with Gasteiger partial charge in [-0.1, -0.05) is 48.5 Å². The van der Waals surface area contributed by atoms with Crippen LogP contribution >= 0.6 is 11.8 Å². The van der Waals surface area contributed by atoms with Crippen LogP contribution in [-0.2, 0) is 6.54 Å². The first-order valence-corrected chi connectivity index (χ1v) is 8.06. The lowest BCUT2D eigenvalue weighted by molar-refractivity contribution is 0.976. The number of anilines is 1. The van der Waals surface area contributed by atoms with Gasteiger partial charge in [-0.05, 0) is 17.7 Å². The Balaban J connectivity index is 1.89. The predicted octanol–water partition coefficient (Wildman–Crippen LogP) is 3.84. The molecule has 0 amide bonds. The molecule has 0 unspecified atom stereocenters. The normalized spacial score (nSPS) is 14.7. The number of para-hydroxylation sites is 1. The molecule has 2 aromatic rings. The molecule has 0 bridgehead atoms. The number of rotatable bonds is 3. The van der Waals surface area contributed by atoms with E-state index in [4.69, 9.17) is 4.99 Å². The van der Waals surface area contributed by atoms with Crippen LogP contribution in [0.25, 0.3) is 0 Å². The molecule has 20 heavy (non-hydrogen) atoms. The van der Waals surface area contributed by atoms with Gasteiger partial charge in [-0.15, -0.1) is 0 Å². The Kier molecular flexibility index (Phi) is 4.38. The van der Waals surface area contributed by atoms with Crippen molar-refractivity contribution in [2.24, 2.45) is 4.99 Å². The van der Waals surface area contributed by atoms with E-state index in [1.807, 2.05) is 11.8 Å².